The van der Waals surface area contributed by atoms with E-state index in [1.807, 2.05) is 11.8 Å². The van der Waals surface area contributed by atoms with Gasteiger partial charge in [-0.3, -0.25) is 4.79 Å². The summed E-state index contributed by atoms with van der Waals surface area (Å²) in [6, 6.07) is 0.363. The highest BCUT2D eigenvalue weighted by Gasteiger charge is 2.23. The van der Waals surface area contributed by atoms with E-state index in [0.717, 1.165) is 36.3 Å². The van der Waals surface area contributed by atoms with Crippen LogP contribution in [-0.2, 0) is 22.4 Å². The molecular formula is C17H25N5O2. The van der Waals surface area contributed by atoms with Crippen LogP contribution in [0.4, 0.5) is 11.8 Å². The third-order valence-electron chi connectivity index (χ3n) is 4.49. The molecule has 0 bridgehead atoms. The second-order valence-electron chi connectivity index (χ2n) is 6.16. The van der Waals surface area contributed by atoms with Crippen molar-refractivity contribution in [1.29, 1.82) is 0 Å². The van der Waals surface area contributed by atoms with Gasteiger partial charge in [0.15, 0.2) is 0 Å². The highest BCUT2D eigenvalue weighted by atomic mass is 16.5. The number of hydrogen-bond acceptors (Lipinski definition) is 6. The van der Waals surface area contributed by atoms with Crippen molar-refractivity contribution in [3.63, 3.8) is 0 Å². The fraction of sp³-hybridized carbons (Fsp3) is 0.588. The van der Waals surface area contributed by atoms with E-state index in [1.165, 1.54) is 0 Å². The van der Waals surface area contributed by atoms with Crippen LogP contribution in [0.25, 0.3) is 0 Å². The van der Waals surface area contributed by atoms with Crippen molar-refractivity contribution in [2.45, 2.75) is 38.6 Å². The van der Waals surface area contributed by atoms with Gasteiger partial charge in [-0.1, -0.05) is 12.2 Å². The molecule has 0 fully saturated rings. The van der Waals surface area contributed by atoms with Crippen LogP contribution in [-0.4, -0.2) is 53.1 Å². The second-order valence-corrected chi connectivity index (χ2v) is 6.16. The van der Waals surface area contributed by atoms with Crippen LogP contribution >= 0.6 is 0 Å². The Labute approximate surface area is 142 Å². The van der Waals surface area contributed by atoms with Gasteiger partial charge >= 0.3 is 0 Å². The van der Waals surface area contributed by atoms with Crippen LogP contribution in [0.3, 0.4) is 0 Å². The van der Waals surface area contributed by atoms with E-state index in [-0.39, 0.29) is 18.5 Å². The van der Waals surface area contributed by atoms with Crippen molar-refractivity contribution in [1.82, 2.24) is 14.9 Å². The zero-order valence-corrected chi connectivity index (χ0v) is 14.1. The van der Waals surface area contributed by atoms with E-state index in [9.17, 15) is 4.79 Å². The fourth-order valence-electron chi connectivity index (χ4n) is 3.20. The number of nitrogens with zero attached hydrogens (tertiary/aromatic N) is 3. The van der Waals surface area contributed by atoms with E-state index >= 15 is 0 Å². The Hall–Kier alpha value is -2.15. The number of nitrogens with one attached hydrogen (secondary N) is 1. The van der Waals surface area contributed by atoms with E-state index in [1.54, 1.807) is 0 Å². The Morgan fingerprint density at radius 1 is 1.33 bits per heavy atom. The second kappa shape index (κ2) is 7.61. The lowest BCUT2D eigenvalue weighted by Gasteiger charge is -2.20. The molecule has 2 heterocycles. The zero-order chi connectivity index (χ0) is 16.9. The van der Waals surface area contributed by atoms with Gasteiger partial charge in [0.05, 0.1) is 5.69 Å². The largest absolute Gasteiger partial charge is 0.372 e. The van der Waals surface area contributed by atoms with Gasteiger partial charge < -0.3 is 20.7 Å². The molecule has 3 N–H and O–H groups in total. The minimum atomic E-state index is 0.0279. The summed E-state index contributed by atoms with van der Waals surface area (Å²) in [6.07, 6.45) is 7.77. The molecule has 1 aromatic heterocycles. The normalized spacial score (nSPS) is 17.6. The molecule has 0 spiro atoms. The molecular weight excluding hydrogens is 306 g/mol. The summed E-state index contributed by atoms with van der Waals surface area (Å²) in [6.45, 7) is 3.87. The van der Waals surface area contributed by atoms with Crippen molar-refractivity contribution >= 4 is 17.7 Å². The Morgan fingerprint density at radius 3 is 2.83 bits per heavy atom. The summed E-state index contributed by atoms with van der Waals surface area (Å²) in [5.41, 5.74) is 7.92. The number of amides is 1. The monoisotopic (exact) mass is 331 g/mol. The first-order chi connectivity index (χ1) is 11.7. The van der Waals surface area contributed by atoms with Gasteiger partial charge in [0, 0.05) is 37.7 Å². The maximum absolute atomic E-state index is 12.2. The maximum atomic E-state index is 12.2. The lowest BCUT2D eigenvalue weighted by molar-refractivity contribution is -0.135. The molecule has 7 nitrogen and oxygen atoms in total. The van der Waals surface area contributed by atoms with Crippen LogP contribution < -0.4 is 11.1 Å². The maximum Gasteiger partial charge on any atom is 0.248 e. The van der Waals surface area contributed by atoms with E-state index in [0.29, 0.717) is 32.2 Å². The standard InChI is InChI=1S/C17H25N5O2/c1-2-24-11-15(23)22-9-7-13-14(8-10-22)20-17(18)21-16(13)19-12-5-3-4-6-12/h3-4,12H,2,5-11H2,1H3,(H3,18,19,20,21). The number of nitrogen functional groups attached to an aromatic ring is 1. The first-order valence-corrected chi connectivity index (χ1v) is 8.59. The molecule has 1 aliphatic heterocycles. The average molecular weight is 331 g/mol. The smallest absolute Gasteiger partial charge is 0.248 e. The summed E-state index contributed by atoms with van der Waals surface area (Å²) < 4.78 is 5.24. The van der Waals surface area contributed by atoms with Crippen LogP contribution in [0.15, 0.2) is 12.2 Å². The van der Waals surface area contributed by atoms with Crippen molar-refractivity contribution in [2.75, 3.05) is 37.4 Å². The fourth-order valence-corrected chi connectivity index (χ4v) is 3.20. The summed E-state index contributed by atoms with van der Waals surface area (Å²) >= 11 is 0. The van der Waals surface area contributed by atoms with Crippen molar-refractivity contribution in [3.8, 4) is 0 Å². The van der Waals surface area contributed by atoms with Gasteiger partial charge in [0.2, 0.25) is 11.9 Å². The first kappa shape index (κ1) is 16.7. The molecule has 1 aromatic rings. The Kier molecular flexibility index (Phi) is 5.30. The Balaban J connectivity index is 1.73. The lowest BCUT2D eigenvalue weighted by Crippen LogP contribution is -2.36. The number of aromatic nitrogens is 2. The number of nitrogens with two attached hydrogens (primary N) is 1. The number of fused-ring (bicyclic) bond motifs is 1. The third kappa shape index (κ3) is 3.84. The van der Waals surface area contributed by atoms with Gasteiger partial charge in [0.25, 0.3) is 0 Å². The SMILES string of the molecule is CCOCC(=O)N1CCc2nc(N)nc(NC3CC=CC3)c2CC1. The summed E-state index contributed by atoms with van der Waals surface area (Å²) in [5.74, 6) is 1.14. The number of carbonyl (C=O) groups excluding carboxylic acids is 1. The van der Waals surface area contributed by atoms with Crippen molar-refractivity contribution in [3.05, 3.63) is 23.4 Å². The molecule has 0 unspecified atom stereocenters. The van der Waals surface area contributed by atoms with Crippen molar-refractivity contribution < 1.29 is 9.53 Å². The number of hydrogen-bond donors (Lipinski definition) is 2. The Bertz CT molecular complexity index is 624. The highest BCUT2D eigenvalue weighted by molar-refractivity contribution is 5.77. The van der Waals surface area contributed by atoms with E-state index < -0.39 is 0 Å². The summed E-state index contributed by atoms with van der Waals surface area (Å²) in [5, 5.41) is 3.49. The van der Waals surface area contributed by atoms with Gasteiger partial charge in [-0.2, -0.15) is 4.98 Å². The molecule has 0 saturated carbocycles. The minimum absolute atomic E-state index is 0.0279. The van der Waals surface area contributed by atoms with Crippen LogP contribution in [0.2, 0.25) is 0 Å². The predicted octanol–water partition coefficient (Wildman–Crippen LogP) is 1.15. The number of carbonyl (C=O) groups is 1. The van der Waals surface area contributed by atoms with Crippen molar-refractivity contribution in [2.24, 2.45) is 0 Å². The molecule has 7 heteroatoms. The topological polar surface area (TPSA) is 93.4 Å². The average Bonchev–Trinajstić information content (AvgIpc) is 2.97. The van der Waals surface area contributed by atoms with Gasteiger partial charge in [-0.05, 0) is 26.2 Å². The molecule has 0 atom stereocenters. The number of rotatable bonds is 5. The predicted molar refractivity (Wildman–Crippen MR) is 92.7 cm³/mol. The molecule has 2 aliphatic rings. The van der Waals surface area contributed by atoms with Gasteiger partial charge in [0.1, 0.15) is 12.4 Å². The molecule has 24 heavy (non-hydrogen) atoms. The molecule has 0 aromatic carbocycles. The zero-order valence-electron chi connectivity index (χ0n) is 14.1. The number of anilines is 2. The molecule has 0 radical (unpaired) electrons. The van der Waals surface area contributed by atoms with Crippen LogP contribution in [0.1, 0.15) is 31.0 Å². The summed E-state index contributed by atoms with van der Waals surface area (Å²) in [7, 11) is 0. The molecule has 0 saturated heterocycles. The van der Waals surface area contributed by atoms with E-state index in [2.05, 4.69) is 27.4 Å². The summed E-state index contributed by atoms with van der Waals surface area (Å²) in [4.78, 5) is 22.9. The quantitative estimate of drug-likeness (QED) is 0.786. The minimum Gasteiger partial charge on any atom is -0.372 e. The van der Waals surface area contributed by atoms with Gasteiger partial charge in [-0.25, -0.2) is 4.98 Å². The first-order valence-electron chi connectivity index (χ1n) is 8.59. The molecule has 1 aliphatic carbocycles. The molecule has 130 valence electrons. The third-order valence-corrected chi connectivity index (χ3v) is 4.49. The molecule has 3 rings (SSSR count). The van der Waals surface area contributed by atoms with Crippen LogP contribution in [0, 0.1) is 0 Å². The van der Waals surface area contributed by atoms with Gasteiger partial charge in [-0.15, -0.1) is 0 Å². The van der Waals surface area contributed by atoms with E-state index in [4.69, 9.17) is 10.5 Å². The molecule has 1 amide bonds. The number of ether oxygens (including phenoxy) is 1. The van der Waals surface area contributed by atoms with Crippen LogP contribution in [0.5, 0.6) is 0 Å². The Morgan fingerprint density at radius 2 is 2.08 bits per heavy atom. The lowest BCUT2D eigenvalue weighted by atomic mass is 10.1. The highest BCUT2D eigenvalue weighted by Crippen LogP contribution is 2.25.